The highest BCUT2D eigenvalue weighted by molar-refractivity contribution is 7.80. The molecule has 1 heterocycles. The van der Waals surface area contributed by atoms with Gasteiger partial charge in [0.25, 0.3) is 0 Å². The summed E-state index contributed by atoms with van der Waals surface area (Å²) >= 11 is 5.78. The molecular formula is C35H37F3N6O2S. The molecule has 0 aliphatic rings. The quantitative estimate of drug-likeness (QED) is 0.119. The number of methoxy groups -OCH3 is 1. The monoisotopic (exact) mass is 662 g/mol. The molecule has 4 rings (SSSR count). The van der Waals surface area contributed by atoms with Crippen LogP contribution in [0.15, 0.2) is 85.3 Å². The smallest absolute Gasteiger partial charge is 0.416 e. The maximum Gasteiger partial charge on any atom is 0.416 e. The third kappa shape index (κ3) is 9.18. The summed E-state index contributed by atoms with van der Waals surface area (Å²) in [6.45, 7) is 4.05. The molecule has 3 aromatic carbocycles. The summed E-state index contributed by atoms with van der Waals surface area (Å²) in [6.07, 6.45) is -2.06. The molecule has 47 heavy (non-hydrogen) atoms. The first-order valence-electron chi connectivity index (χ1n) is 15.0. The molecule has 246 valence electrons. The van der Waals surface area contributed by atoms with Crippen molar-refractivity contribution in [3.8, 4) is 11.8 Å². The minimum absolute atomic E-state index is 0.00103. The maximum absolute atomic E-state index is 14.1. The number of nitrogens with one attached hydrogen (secondary N) is 1. The number of imidazole rings is 1. The first-order valence-corrected chi connectivity index (χ1v) is 15.4. The summed E-state index contributed by atoms with van der Waals surface area (Å²) in [4.78, 5) is 19.8. The molecule has 0 radical (unpaired) electrons. The van der Waals surface area contributed by atoms with Crippen LogP contribution in [0.1, 0.15) is 48.2 Å². The number of para-hydroxylation sites is 2. The van der Waals surface area contributed by atoms with Gasteiger partial charge in [0.05, 0.1) is 48.4 Å². The van der Waals surface area contributed by atoms with Crippen LogP contribution in [0.2, 0.25) is 0 Å². The molecule has 3 N–H and O–H groups in total. The van der Waals surface area contributed by atoms with Crippen molar-refractivity contribution in [2.75, 3.05) is 12.4 Å². The summed E-state index contributed by atoms with van der Waals surface area (Å²) in [5.41, 5.74) is 8.66. The number of alkyl halides is 3. The molecule has 0 fully saturated rings. The fourth-order valence-electron chi connectivity index (χ4n) is 5.38. The molecule has 1 unspecified atom stereocenters. The number of rotatable bonds is 13. The Bertz CT molecular complexity index is 1720. The topological polar surface area (TPSA) is 109 Å². The van der Waals surface area contributed by atoms with E-state index >= 15 is 0 Å². The molecule has 0 aliphatic heterocycles. The number of ketones is 1. The molecule has 0 saturated carbocycles. The number of thiocarbonyl (C=S) groups is 1. The van der Waals surface area contributed by atoms with Crippen LogP contribution in [0.3, 0.4) is 0 Å². The van der Waals surface area contributed by atoms with Crippen molar-refractivity contribution >= 4 is 28.8 Å². The number of aromatic nitrogens is 2. The molecule has 4 aromatic rings. The van der Waals surface area contributed by atoms with Gasteiger partial charge in [0.15, 0.2) is 5.11 Å². The van der Waals surface area contributed by atoms with Gasteiger partial charge in [-0.15, -0.1) is 0 Å². The van der Waals surface area contributed by atoms with E-state index in [1.54, 1.807) is 48.9 Å². The summed E-state index contributed by atoms with van der Waals surface area (Å²) in [5.74, 6) is -0.464. The van der Waals surface area contributed by atoms with Crippen LogP contribution in [-0.2, 0) is 30.5 Å². The summed E-state index contributed by atoms with van der Waals surface area (Å²) < 4.78 is 49.5. The minimum Gasteiger partial charge on any atom is -0.495 e. The van der Waals surface area contributed by atoms with Gasteiger partial charge in [0.1, 0.15) is 11.5 Å². The molecule has 2 atom stereocenters. The van der Waals surface area contributed by atoms with Crippen LogP contribution in [0, 0.1) is 23.2 Å². The Hall–Kier alpha value is -4.73. The number of halogens is 3. The summed E-state index contributed by atoms with van der Waals surface area (Å²) in [7, 11) is 1.50. The van der Waals surface area contributed by atoms with Gasteiger partial charge in [0.2, 0.25) is 0 Å². The van der Waals surface area contributed by atoms with Gasteiger partial charge in [-0.05, 0) is 66.0 Å². The number of nitrogens with two attached hydrogens (primary N) is 1. The Kier molecular flexibility index (Phi) is 11.7. The Morgan fingerprint density at radius 3 is 2.45 bits per heavy atom. The third-order valence-electron chi connectivity index (χ3n) is 7.77. The van der Waals surface area contributed by atoms with Gasteiger partial charge >= 0.3 is 6.18 Å². The van der Waals surface area contributed by atoms with Crippen molar-refractivity contribution in [2.24, 2.45) is 17.6 Å². The zero-order valence-corrected chi connectivity index (χ0v) is 27.2. The third-order valence-corrected chi connectivity index (χ3v) is 8.11. The van der Waals surface area contributed by atoms with E-state index < -0.39 is 23.8 Å². The van der Waals surface area contributed by atoms with E-state index in [1.165, 1.54) is 30.2 Å². The van der Waals surface area contributed by atoms with Crippen LogP contribution in [-0.4, -0.2) is 38.6 Å². The van der Waals surface area contributed by atoms with Crippen LogP contribution in [0.4, 0.5) is 18.9 Å². The zero-order chi connectivity index (χ0) is 34.1. The highest BCUT2D eigenvalue weighted by atomic mass is 32.1. The van der Waals surface area contributed by atoms with Crippen molar-refractivity contribution in [1.29, 1.82) is 5.26 Å². The number of benzene rings is 3. The van der Waals surface area contributed by atoms with Gasteiger partial charge in [-0.1, -0.05) is 56.3 Å². The average Bonchev–Trinajstić information content (AvgIpc) is 3.48. The molecule has 0 aliphatic carbocycles. The number of hydrogen-bond acceptors (Lipinski definition) is 6. The molecule has 12 heteroatoms. The van der Waals surface area contributed by atoms with Crippen molar-refractivity contribution in [3.63, 3.8) is 0 Å². The van der Waals surface area contributed by atoms with Gasteiger partial charge in [-0.3, -0.25) is 4.79 Å². The number of carbonyl (C=O) groups excluding carboxylic acids is 1. The van der Waals surface area contributed by atoms with Crippen LogP contribution in [0.5, 0.6) is 5.75 Å². The number of nitrogens with zero attached hydrogens (tertiary/aromatic N) is 4. The molecule has 0 amide bonds. The summed E-state index contributed by atoms with van der Waals surface area (Å²) in [5, 5.41) is 12.2. The lowest BCUT2D eigenvalue weighted by molar-refractivity contribution is -0.138. The van der Waals surface area contributed by atoms with Crippen LogP contribution < -0.4 is 15.8 Å². The lowest BCUT2D eigenvalue weighted by Crippen LogP contribution is -2.53. The second-order valence-electron chi connectivity index (χ2n) is 11.6. The largest absolute Gasteiger partial charge is 0.495 e. The average molecular weight is 663 g/mol. The van der Waals surface area contributed by atoms with E-state index in [0.717, 1.165) is 11.6 Å². The fraction of sp³-hybridized carbons (Fsp3) is 0.314. The Morgan fingerprint density at radius 1 is 1.11 bits per heavy atom. The van der Waals surface area contributed by atoms with Gasteiger partial charge in [-0.25, -0.2) is 4.98 Å². The number of anilines is 1. The highest BCUT2D eigenvalue weighted by Crippen LogP contribution is 2.34. The van der Waals surface area contributed by atoms with E-state index in [9.17, 15) is 18.0 Å². The Labute approximate surface area is 278 Å². The molecule has 8 nitrogen and oxygen atoms in total. The van der Waals surface area contributed by atoms with E-state index in [2.05, 4.69) is 16.4 Å². The minimum atomic E-state index is -4.61. The Morgan fingerprint density at radius 2 is 1.79 bits per heavy atom. The first kappa shape index (κ1) is 35.1. The molecule has 1 aromatic heterocycles. The number of Topliss-reactive ketones (excluding diaryl/α,β-unsaturated/α-hetero) is 1. The summed E-state index contributed by atoms with van der Waals surface area (Å²) in [6, 6.07) is 21.5. The van der Waals surface area contributed by atoms with E-state index in [4.69, 9.17) is 28.0 Å². The van der Waals surface area contributed by atoms with Crippen molar-refractivity contribution in [1.82, 2.24) is 14.5 Å². The number of ether oxygens (including phenoxy) is 1. The predicted octanol–water partition coefficient (Wildman–Crippen LogP) is 6.79. The lowest BCUT2D eigenvalue weighted by Gasteiger charge is -2.37. The number of carbonyl (C=O) groups is 1. The van der Waals surface area contributed by atoms with E-state index in [1.807, 2.05) is 30.5 Å². The normalized spacial score (nSPS) is 12.7. The van der Waals surface area contributed by atoms with Crippen molar-refractivity contribution < 1.29 is 22.7 Å². The van der Waals surface area contributed by atoms with E-state index in [-0.39, 0.29) is 35.3 Å². The number of hydrogen-bond donors (Lipinski definition) is 2. The lowest BCUT2D eigenvalue weighted by atomic mass is 9.88. The van der Waals surface area contributed by atoms with Gasteiger partial charge < -0.3 is 25.3 Å². The van der Waals surface area contributed by atoms with Gasteiger partial charge in [-0.2, -0.15) is 18.4 Å². The number of nitriles is 1. The molecule has 0 bridgehead atoms. The van der Waals surface area contributed by atoms with Crippen molar-refractivity contribution in [3.05, 3.63) is 113 Å². The van der Waals surface area contributed by atoms with Gasteiger partial charge in [0, 0.05) is 31.4 Å². The molecule has 0 spiro atoms. The molecule has 0 saturated heterocycles. The Balaban J connectivity index is 1.66. The predicted molar refractivity (Wildman–Crippen MR) is 178 cm³/mol. The zero-order valence-electron chi connectivity index (χ0n) is 26.4. The second-order valence-corrected chi connectivity index (χ2v) is 12.0. The SMILES string of the molecule is COc1ccccc1NC(=S)N(Cc1ccccc1C(F)(F)F)C(N)[C@H](CC(C)C)C(=O)Cc1cncn1Cc1ccc(C#N)cc1. The highest BCUT2D eigenvalue weighted by Gasteiger charge is 2.36. The van der Waals surface area contributed by atoms with E-state index in [0.29, 0.717) is 35.7 Å². The fourth-order valence-corrected chi connectivity index (χ4v) is 5.68. The molecular weight excluding hydrogens is 625 g/mol. The van der Waals surface area contributed by atoms with Crippen LogP contribution in [0.25, 0.3) is 0 Å². The second kappa shape index (κ2) is 15.7. The van der Waals surface area contributed by atoms with Crippen LogP contribution >= 0.6 is 12.2 Å². The van der Waals surface area contributed by atoms with Crippen molar-refractivity contribution in [2.45, 2.75) is 52.1 Å². The standard InChI is InChI=1S/C35H37F3N6O2S/c1-23(2)16-28(31(45)17-27-19-41-22-43(27)20-25-14-12-24(18-39)13-15-25)33(40)44(21-26-8-4-5-9-29(26)35(36,37)38)34(47)42-30-10-6-7-11-32(30)46-3/h4-15,19,22-23,28,33H,16-17,20-21,40H2,1-3H3,(H,42,47)/t28-,33?/m1/s1. The maximum atomic E-state index is 14.1. The first-order chi connectivity index (χ1) is 22.4.